The van der Waals surface area contributed by atoms with Crippen LogP contribution in [-0.2, 0) is 31.1 Å². The molecule has 0 spiro atoms. The summed E-state index contributed by atoms with van der Waals surface area (Å²) in [6.45, 7) is 1.53. The van der Waals surface area contributed by atoms with Crippen LogP contribution in [0.25, 0.3) is 10.9 Å². The number of nitrogens with zero attached hydrogens (tertiary/aromatic N) is 3. The molecule has 9 nitrogen and oxygen atoms in total. The van der Waals surface area contributed by atoms with E-state index >= 15 is 0 Å². The zero-order valence-electron chi connectivity index (χ0n) is 21.8. The van der Waals surface area contributed by atoms with Gasteiger partial charge in [0.2, 0.25) is 0 Å². The van der Waals surface area contributed by atoms with Gasteiger partial charge in [-0.3, -0.25) is 9.48 Å². The number of aryl methyl sites for hydroxylation is 3. The molecule has 204 valence electrons. The monoisotopic (exact) mass is 547 g/mol. The normalized spacial score (nSPS) is 13.1. The van der Waals surface area contributed by atoms with Gasteiger partial charge in [0, 0.05) is 36.7 Å². The summed E-state index contributed by atoms with van der Waals surface area (Å²) in [4.78, 5) is 29.3. The van der Waals surface area contributed by atoms with Crippen LogP contribution in [0.1, 0.15) is 40.0 Å². The molecule has 1 aliphatic heterocycles. The topological polar surface area (TPSA) is 118 Å². The lowest BCUT2D eigenvalue weighted by Crippen LogP contribution is -2.42. The Bertz CT molecular complexity index is 1450. The number of nitrogens with one attached hydrogen (secondary N) is 2. The maximum Gasteiger partial charge on any atom is 0.326 e. The number of hydrogen-bond donors (Lipinski definition) is 3. The maximum atomic E-state index is 12.7. The van der Waals surface area contributed by atoms with Crippen molar-refractivity contribution in [3.05, 3.63) is 83.2 Å². The highest BCUT2D eigenvalue weighted by Crippen LogP contribution is 2.21. The average molecular weight is 548 g/mol. The molecular formula is C29H33N5O4S. The van der Waals surface area contributed by atoms with Crippen molar-refractivity contribution in [3.63, 3.8) is 0 Å². The van der Waals surface area contributed by atoms with Gasteiger partial charge < -0.3 is 20.5 Å². The predicted octanol–water partition coefficient (Wildman–Crippen LogP) is 3.88. The highest BCUT2D eigenvalue weighted by atomic mass is 32.1. The van der Waals surface area contributed by atoms with Gasteiger partial charge in [0.05, 0.1) is 18.3 Å². The highest BCUT2D eigenvalue weighted by molar-refractivity contribution is 7.59. The molecule has 2 aromatic heterocycles. The first-order valence-corrected chi connectivity index (χ1v) is 12.9. The van der Waals surface area contributed by atoms with Gasteiger partial charge >= 0.3 is 5.97 Å². The van der Waals surface area contributed by atoms with Crippen molar-refractivity contribution in [2.75, 3.05) is 18.5 Å². The zero-order chi connectivity index (χ0) is 26.5. The first kappa shape index (κ1) is 28.0. The molecule has 0 fully saturated rings. The Kier molecular flexibility index (Phi) is 9.08. The Morgan fingerprint density at radius 3 is 2.77 bits per heavy atom. The molecule has 1 amide bonds. The van der Waals surface area contributed by atoms with E-state index < -0.39 is 17.9 Å². The standard InChI is InChI=1S/C29H31N5O4.H2S/c1-34-26-13-9-21(17-22(26)18-31-34)28(35)33-25(29(36)37)16-19-6-11-24(12-7-19)38-15-3-5-23-10-8-20-4-2-14-30-27(20)32-23;/h6-13,17-18,25H,2-5,14-16H2,1H3,(H,30,32)(H,33,35)(H,36,37);1H2/t25-;/m0./s1. The fraction of sp³-hybridized carbons (Fsp3) is 0.310. The van der Waals surface area contributed by atoms with Crippen LogP contribution in [0.3, 0.4) is 0 Å². The number of amides is 1. The van der Waals surface area contributed by atoms with Crippen LogP contribution in [0.2, 0.25) is 0 Å². The molecule has 39 heavy (non-hydrogen) atoms. The van der Waals surface area contributed by atoms with Crippen LogP contribution in [0.5, 0.6) is 5.75 Å². The van der Waals surface area contributed by atoms with Crippen molar-refractivity contribution < 1.29 is 19.4 Å². The Balaban J connectivity index is 0.00000353. The average Bonchev–Trinajstić information content (AvgIpc) is 3.31. The number of benzene rings is 2. The second-order valence-corrected chi connectivity index (χ2v) is 9.55. The minimum Gasteiger partial charge on any atom is -0.494 e. The number of fused-ring (bicyclic) bond motifs is 2. The van der Waals surface area contributed by atoms with Crippen LogP contribution in [0.4, 0.5) is 5.82 Å². The van der Waals surface area contributed by atoms with Gasteiger partial charge in [0.1, 0.15) is 17.6 Å². The number of carbonyl (C=O) groups excluding carboxylic acids is 1. The van der Waals surface area contributed by atoms with Crippen molar-refractivity contribution >= 4 is 42.1 Å². The lowest BCUT2D eigenvalue weighted by Gasteiger charge is -2.17. The number of rotatable bonds is 10. The smallest absolute Gasteiger partial charge is 0.326 e. The van der Waals surface area contributed by atoms with E-state index in [0.29, 0.717) is 12.2 Å². The number of pyridine rings is 1. The van der Waals surface area contributed by atoms with Gasteiger partial charge in [0.25, 0.3) is 5.91 Å². The summed E-state index contributed by atoms with van der Waals surface area (Å²) >= 11 is 0. The summed E-state index contributed by atoms with van der Waals surface area (Å²) in [5.74, 6) is 0.199. The fourth-order valence-electron chi connectivity index (χ4n) is 4.66. The van der Waals surface area contributed by atoms with Gasteiger partial charge in [0.15, 0.2) is 0 Å². The second-order valence-electron chi connectivity index (χ2n) is 9.55. The second kappa shape index (κ2) is 12.7. The zero-order valence-corrected chi connectivity index (χ0v) is 22.8. The predicted molar refractivity (Wildman–Crippen MR) is 155 cm³/mol. The summed E-state index contributed by atoms with van der Waals surface area (Å²) in [5, 5.41) is 20.7. The third-order valence-electron chi connectivity index (χ3n) is 6.77. The molecule has 2 aromatic carbocycles. The van der Waals surface area contributed by atoms with E-state index in [9.17, 15) is 14.7 Å². The van der Waals surface area contributed by atoms with Gasteiger partial charge in [-0.05, 0) is 73.2 Å². The molecule has 0 radical (unpaired) electrons. The number of carbonyl (C=O) groups is 2. The van der Waals surface area contributed by atoms with Crippen molar-refractivity contribution in [3.8, 4) is 5.75 Å². The summed E-state index contributed by atoms with van der Waals surface area (Å²) in [6.07, 6.45) is 5.74. The summed E-state index contributed by atoms with van der Waals surface area (Å²) < 4.78 is 7.59. The molecule has 10 heteroatoms. The van der Waals surface area contributed by atoms with Crippen molar-refractivity contribution in [1.82, 2.24) is 20.1 Å². The third kappa shape index (κ3) is 6.88. The van der Waals surface area contributed by atoms with Crippen molar-refractivity contribution in [2.24, 2.45) is 7.05 Å². The first-order valence-electron chi connectivity index (χ1n) is 12.9. The molecule has 0 saturated carbocycles. The van der Waals surface area contributed by atoms with Crippen LogP contribution >= 0.6 is 13.5 Å². The molecular weight excluding hydrogens is 514 g/mol. The number of anilines is 1. The minimum absolute atomic E-state index is 0. The summed E-state index contributed by atoms with van der Waals surface area (Å²) in [6, 6.07) is 15.7. The molecule has 0 bridgehead atoms. The molecule has 0 saturated heterocycles. The largest absolute Gasteiger partial charge is 0.494 e. The Morgan fingerprint density at radius 2 is 1.97 bits per heavy atom. The number of aliphatic carboxylic acids is 1. The molecule has 3 heterocycles. The summed E-state index contributed by atoms with van der Waals surface area (Å²) in [5.41, 5.74) is 4.42. The number of aromatic nitrogens is 3. The van der Waals surface area contributed by atoms with E-state index in [2.05, 4.69) is 27.9 Å². The van der Waals surface area contributed by atoms with E-state index in [1.165, 1.54) is 5.56 Å². The van der Waals surface area contributed by atoms with E-state index in [-0.39, 0.29) is 19.9 Å². The van der Waals surface area contributed by atoms with Gasteiger partial charge in [-0.15, -0.1) is 0 Å². The molecule has 5 rings (SSSR count). The van der Waals surface area contributed by atoms with Gasteiger partial charge in [-0.25, -0.2) is 9.78 Å². The van der Waals surface area contributed by atoms with Crippen molar-refractivity contribution in [2.45, 2.75) is 38.1 Å². The SMILES string of the molecule is Cn1ncc2cc(C(=O)N[C@@H](Cc3ccc(OCCCc4ccc5c(n4)NCCC5)cc3)C(=O)O)ccc21.S. The van der Waals surface area contributed by atoms with Crippen LogP contribution in [-0.4, -0.2) is 50.9 Å². The lowest BCUT2D eigenvalue weighted by atomic mass is 10.0. The maximum absolute atomic E-state index is 12.7. The minimum atomic E-state index is -1.09. The molecule has 1 atom stereocenters. The Hall–Kier alpha value is -4.05. The molecule has 1 aliphatic rings. The first-order chi connectivity index (χ1) is 18.5. The lowest BCUT2D eigenvalue weighted by molar-refractivity contribution is -0.139. The summed E-state index contributed by atoms with van der Waals surface area (Å²) in [7, 11) is 1.82. The third-order valence-corrected chi connectivity index (χ3v) is 6.77. The molecule has 0 aliphatic carbocycles. The number of carboxylic acids is 1. The van der Waals surface area contributed by atoms with E-state index in [1.807, 2.05) is 31.3 Å². The van der Waals surface area contributed by atoms with Crippen molar-refractivity contribution in [1.29, 1.82) is 0 Å². The van der Waals surface area contributed by atoms with E-state index in [4.69, 9.17) is 9.72 Å². The highest BCUT2D eigenvalue weighted by Gasteiger charge is 2.21. The molecule has 0 unspecified atom stereocenters. The van der Waals surface area contributed by atoms with Crippen LogP contribution < -0.4 is 15.4 Å². The van der Waals surface area contributed by atoms with E-state index in [0.717, 1.165) is 66.0 Å². The number of hydrogen-bond acceptors (Lipinski definition) is 6. The quantitative estimate of drug-likeness (QED) is 0.258. The fourth-order valence-corrected chi connectivity index (χ4v) is 4.66. The molecule has 4 aromatic rings. The van der Waals surface area contributed by atoms with Crippen LogP contribution in [0, 0.1) is 0 Å². The molecule has 3 N–H and O–H groups in total. The Morgan fingerprint density at radius 1 is 1.15 bits per heavy atom. The number of carboxylic acid groups (broad SMARTS) is 1. The van der Waals surface area contributed by atoms with Gasteiger partial charge in [-0.2, -0.15) is 18.6 Å². The van der Waals surface area contributed by atoms with Gasteiger partial charge in [-0.1, -0.05) is 18.2 Å². The van der Waals surface area contributed by atoms with E-state index in [1.54, 1.807) is 29.1 Å². The number of ether oxygens (including phenoxy) is 1. The van der Waals surface area contributed by atoms with Crippen LogP contribution in [0.15, 0.2) is 60.8 Å². The Labute approximate surface area is 234 Å².